The van der Waals surface area contributed by atoms with Crippen molar-refractivity contribution >= 4 is 12.6 Å². The summed E-state index contributed by atoms with van der Waals surface area (Å²) in [7, 11) is -1.62. The van der Waals surface area contributed by atoms with E-state index in [1.807, 2.05) is 0 Å². The van der Waals surface area contributed by atoms with E-state index in [-0.39, 0.29) is 5.46 Å². The minimum absolute atomic E-state index is 0.277. The molecule has 1 fully saturated rings. The maximum atomic E-state index is 13.2. The lowest BCUT2D eigenvalue weighted by molar-refractivity contribution is 0.156. The molecule has 5 heteroatoms. The molecule has 110 valence electrons. The Labute approximate surface area is 120 Å². The molecular formula is C15H23BFNO2. The fourth-order valence-electron chi connectivity index (χ4n) is 3.11. The molecule has 0 unspecified atom stereocenters. The quantitative estimate of drug-likeness (QED) is 0.806. The molecule has 1 aromatic carbocycles. The van der Waals surface area contributed by atoms with Gasteiger partial charge in [0.2, 0.25) is 0 Å². The van der Waals surface area contributed by atoms with Crippen molar-refractivity contribution in [1.82, 2.24) is 4.90 Å². The zero-order chi connectivity index (χ0) is 14.5. The molecule has 0 atom stereocenters. The van der Waals surface area contributed by atoms with Gasteiger partial charge in [-0.25, -0.2) is 4.39 Å². The summed E-state index contributed by atoms with van der Waals surface area (Å²) in [4.78, 5) is 2.36. The van der Waals surface area contributed by atoms with Crippen LogP contribution < -0.4 is 5.46 Å². The maximum Gasteiger partial charge on any atom is 0.488 e. The number of rotatable bonds is 5. The molecule has 0 heterocycles. The molecule has 0 saturated heterocycles. The fourth-order valence-corrected chi connectivity index (χ4v) is 3.11. The predicted molar refractivity (Wildman–Crippen MR) is 79.2 cm³/mol. The molecule has 3 nitrogen and oxygen atoms in total. The predicted octanol–water partition coefficient (Wildman–Crippen LogP) is 1.66. The van der Waals surface area contributed by atoms with Crippen molar-refractivity contribution in [2.24, 2.45) is 0 Å². The SMILES string of the molecule is CCN(Cc1ccc(F)cc1B(O)O)C1CCCCC1. The molecule has 20 heavy (non-hydrogen) atoms. The van der Waals surface area contributed by atoms with Crippen LogP contribution in [0.2, 0.25) is 0 Å². The lowest BCUT2D eigenvalue weighted by Gasteiger charge is -2.34. The van der Waals surface area contributed by atoms with Gasteiger partial charge in [0.15, 0.2) is 0 Å². The molecule has 0 aromatic heterocycles. The lowest BCUT2D eigenvalue weighted by Crippen LogP contribution is -2.40. The first-order valence-electron chi connectivity index (χ1n) is 7.50. The molecule has 2 N–H and O–H groups in total. The maximum absolute atomic E-state index is 13.2. The summed E-state index contributed by atoms with van der Waals surface area (Å²) in [6, 6.07) is 4.82. The van der Waals surface area contributed by atoms with Crippen molar-refractivity contribution in [2.75, 3.05) is 6.54 Å². The fraction of sp³-hybridized carbons (Fsp3) is 0.600. The molecule has 1 aliphatic carbocycles. The summed E-state index contributed by atoms with van der Waals surface area (Å²) in [5, 5.41) is 18.8. The summed E-state index contributed by atoms with van der Waals surface area (Å²) in [6.07, 6.45) is 6.24. The minimum atomic E-state index is -1.62. The largest absolute Gasteiger partial charge is 0.488 e. The first-order valence-corrected chi connectivity index (χ1v) is 7.50. The Hall–Kier alpha value is -0.905. The van der Waals surface area contributed by atoms with Gasteiger partial charge in [0.1, 0.15) is 5.82 Å². The normalized spacial score (nSPS) is 16.6. The van der Waals surface area contributed by atoms with Crippen molar-refractivity contribution in [3.8, 4) is 0 Å². The van der Waals surface area contributed by atoms with Crippen molar-refractivity contribution in [3.63, 3.8) is 0 Å². The van der Waals surface area contributed by atoms with Gasteiger partial charge in [0.05, 0.1) is 0 Å². The van der Waals surface area contributed by atoms with Gasteiger partial charge in [-0.05, 0) is 42.5 Å². The standard InChI is InChI=1S/C15H23BFNO2/c1-2-18(14-6-4-3-5-7-14)11-12-8-9-13(17)10-15(12)16(19)20/h8-10,14,19-20H,2-7,11H2,1H3. The molecule has 0 radical (unpaired) electrons. The van der Waals surface area contributed by atoms with Gasteiger partial charge in [-0.15, -0.1) is 0 Å². The molecule has 1 aromatic rings. The van der Waals surface area contributed by atoms with Crippen LogP contribution in [-0.2, 0) is 6.54 Å². The van der Waals surface area contributed by atoms with E-state index in [2.05, 4.69) is 11.8 Å². The second-order valence-corrected chi connectivity index (χ2v) is 5.57. The summed E-state index contributed by atoms with van der Waals surface area (Å²) in [5.41, 5.74) is 1.08. The van der Waals surface area contributed by atoms with Crippen LogP contribution in [0.3, 0.4) is 0 Å². The van der Waals surface area contributed by atoms with Crippen LogP contribution in [0, 0.1) is 5.82 Å². The third kappa shape index (κ3) is 3.81. The monoisotopic (exact) mass is 279 g/mol. The van der Waals surface area contributed by atoms with E-state index in [0.29, 0.717) is 12.6 Å². The van der Waals surface area contributed by atoms with Crippen LogP contribution in [0.5, 0.6) is 0 Å². The number of nitrogens with zero attached hydrogens (tertiary/aromatic N) is 1. The first-order chi connectivity index (χ1) is 9.61. The van der Waals surface area contributed by atoms with E-state index in [1.54, 1.807) is 6.07 Å². The Bertz CT molecular complexity index is 436. The second-order valence-electron chi connectivity index (χ2n) is 5.57. The van der Waals surface area contributed by atoms with Crippen LogP contribution >= 0.6 is 0 Å². The van der Waals surface area contributed by atoms with Crippen molar-refractivity contribution < 1.29 is 14.4 Å². The van der Waals surface area contributed by atoms with Gasteiger partial charge in [-0.2, -0.15) is 0 Å². The third-order valence-electron chi connectivity index (χ3n) is 4.26. The van der Waals surface area contributed by atoms with Gasteiger partial charge in [-0.3, -0.25) is 4.90 Å². The molecule has 0 spiro atoms. The molecule has 0 bridgehead atoms. The van der Waals surface area contributed by atoms with E-state index in [9.17, 15) is 14.4 Å². The summed E-state index contributed by atoms with van der Waals surface area (Å²) in [5.74, 6) is -0.433. The summed E-state index contributed by atoms with van der Waals surface area (Å²) in [6.45, 7) is 3.69. The lowest BCUT2D eigenvalue weighted by atomic mass is 9.76. The van der Waals surface area contributed by atoms with Gasteiger partial charge in [-0.1, -0.05) is 32.3 Å². The zero-order valence-corrected chi connectivity index (χ0v) is 12.1. The first kappa shape index (κ1) is 15.5. The Balaban J connectivity index is 2.14. The van der Waals surface area contributed by atoms with Crippen LogP contribution in [0.1, 0.15) is 44.6 Å². The highest BCUT2D eigenvalue weighted by atomic mass is 19.1. The number of benzene rings is 1. The summed E-state index contributed by atoms with van der Waals surface area (Å²) < 4.78 is 13.2. The van der Waals surface area contributed by atoms with Crippen molar-refractivity contribution in [1.29, 1.82) is 0 Å². The zero-order valence-electron chi connectivity index (χ0n) is 12.1. The Kier molecular flexibility index (Phi) is 5.58. The Morgan fingerprint density at radius 3 is 2.55 bits per heavy atom. The number of hydrogen-bond donors (Lipinski definition) is 2. The van der Waals surface area contributed by atoms with Crippen LogP contribution in [0.25, 0.3) is 0 Å². The molecule has 2 rings (SSSR count). The molecule has 1 aliphatic rings. The van der Waals surface area contributed by atoms with Gasteiger partial charge < -0.3 is 10.0 Å². The van der Waals surface area contributed by atoms with E-state index in [4.69, 9.17) is 0 Å². The van der Waals surface area contributed by atoms with Crippen molar-refractivity contribution in [2.45, 2.75) is 51.6 Å². The minimum Gasteiger partial charge on any atom is -0.423 e. The van der Waals surface area contributed by atoms with Crippen molar-refractivity contribution in [3.05, 3.63) is 29.6 Å². The Morgan fingerprint density at radius 2 is 1.95 bits per heavy atom. The van der Waals surface area contributed by atoms with E-state index in [0.717, 1.165) is 12.1 Å². The topological polar surface area (TPSA) is 43.7 Å². The number of hydrogen-bond acceptors (Lipinski definition) is 3. The second kappa shape index (κ2) is 7.20. The molecular weight excluding hydrogens is 256 g/mol. The smallest absolute Gasteiger partial charge is 0.423 e. The van der Waals surface area contributed by atoms with Crippen LogP contribution in [-0.4, -0.2) is 34.7 Å². The summed E-state index contributed by atoms with van der Waals surface area (Å²) >= 11 is 0. The number of halogens is 1. The van der Waals surface area contributed by atoms with E-state index < -0.39 is 12.9 Å². The molecule has 1 saturated carbocycles. The highest BCUT2D eigenvalue weighted by Gasteiger charge is 2.23. The van der Waals surface area contributed by atoms with Gasteiger partial charge >= 0.3 is 7.12 Å². The van der Waals surface area contributed by atoms with E-state index >= 15 is 0 Å². The van der Waals surface area contributed by atoms with Crippen LogP contribution in [0.15, 0.2) is 18.2 Å². The highest BCUT2D eigenvalue weighted by Crippen LogP contribution is 2.23. The third-order valence-corrected chi connectivity index (χ3v) is 4.26. The highest BCUT2D eigenvalue weighted by molar-refractivity contribution is 6.59. The van der Waals surface area contributed by atoms with Gasteiger partial charge in [0, 0.05) is 12.6 Å². The van der Waals surface area contributed by atoms with Gasteiger partial charge in [0.25, 0.3) is 0 Å². The Morgan fingerprint density at radius 1 is 1.25 bits per heavy atom. The average molecular weight is 279 g/mol. The molecule has 0 amide bonds. The average Bonchev–Trinajstić information content (AvgIpc) is 2.46. The van der Waals surface area contributed by atoms with E-state index in [1.165, 1.54) is 44.2 Å². The van der Waals surface area contributed by atoms with Crippen LogP contribution in [0.4, 0.5) is 4.39 Å². The molecule has 0 aliphatic heterocycles.